The third-order valence-corrected chi connectivity index (χ3v) is 3.63. The average molecular weight is 238 g/mol. The minimum Gasteiger partial charge on any atom is -0.481 e. The Morgan fingerprint density at radius 3 is 2.18 bits per heavy atom. The van der Waals surface area contributed by atoms with Crippen LogP contribution in [0, 0.1) is 16.7 Å². The first-order chi connectivity index (χ1) is 7.64. The molecule has 0 fully saturated rings. The number of carboxylic acids is 2. The van der Waals surface area contributed by atoms with Crippen molar-refractivity contribution in [2.75, 3.05) is 0 Å². The van der Waals surface area contributed by atoms with E-state index in [1.807, 2.05) is 20.8 Å². The van der Waals surface area contributed by atoms with Gasteiger partial charge in [-0.2, -0.15) is 0 Å². The minimum absolute atomic E-state index is 0.143. The average Bonchev–Trinajstić information content (AvgIpc) is 2.14. The Morgan fingerprint density at radius 2 is 1.82 bits per heavy atom. The van der Waals surface area contributed by atoms with E-state index in [1.54, 1.807) is 13.0 Å². The van der Waals surface area contributed by atoms with Crippen molar-refractivity contribution in [1.82, 2.24) is 0 Å². The summed E-state index contributed by atoms with van der Waals surface area (Å²) in [6, 6.07) is 0. The molecule has 0 amide bonds. The first-order valence-electron chi connectivity index (χ1n) is 5.50. The van der Waals surface area contributed by atoms with Crippen LogP contribution in [-0.2, 0) is 9.59 Å². The van der Waals surface area contributed by atoms with E-state index in [-0.39, 0.29) is 5.57 Å². The van der Waals surface area contributed by atoms with Crippen LogP contribution in [0.25, 0.3) is 0 Å². The van der Waals surface area contributed by atoms with Crippen LogP contribution in [0.2, 0.25) is 0 Å². The molecule has 0 heterocycles. The van der Waals surface area contributed by atoms with Gasteiger partial charge in [0.15, 0.2) is 0 Å². The SMILES string of the molecule is C[C@@H]1C(C(=O)O)=CC=C[C@@]1(C(=O)O)C(C)(C)C. The van der Waals surface area contributed by atoms with Crippen molar-refractivity contribution < 1.29 is 19.8 Å². The van der Waals surface area contributed by atoms with Gasteiger partial charge in [0.25, 0.3) is 0 Å². The number of hydrogen-bond acceptors (Lipinski definition) is 2. The smallest absolute Gasteiger partial charge is 0.331 e. The molecule has 0 aromatic rings. The molecule has 0 radical (unpaired) electrons. The first kappa shape index (κ1) is 13.5. The highest BCUT2D eigenvalue weighted by Gasteiger charge is 2.53. The lowest BCUT2D eigenvalue weighted by Gasteiger charge is -2.44. The number of aliphatic carboxylic acids is 2. The van der Waals surface area contributed by atoms with Gasteiger partial charge in [-0.15, -0.1) is 0 Å². The molecule has 1 rings (SSSR count). The van der Waals surface area contributed by atoms with E-state index in [4.69, 9.17) is 5.11 Å². The van der Waals surface area contributed by atoms with Gasteiger partial charge >= 0.3 is 11.9 Å². The Labute approximate surface area is 101 Å². The Balaban J connectivity index is 3.39. The fourth-order valence-electron chi connectivity index (χ4n) is 2.57. The van der Waals surface area contributed by atoms with Gasteiger partial charge in [-0.05, 0) is 5.41 Å². The van der Waals surface area contributed by atoms with Gasteiger partial charge in [-0.1, -0.05) is 45.9 Å². The summed E-state index contributed by atoms with van der Waals surface area (Å²) in [6.07, 6.45) is 4.61. The molecule has 94 valence electrons. The Kier molecular flexibility index (Phi) is 3.19. The summed E-state index contributed by atoms with van der Waals surface area (Å²) in [4.78, 5) is 22.7. The molecular formula is C13H18O4. The highest BCUT2D eigenvalue weighted by Crippen LogP contribution is 2.50. The maximum Gasteiger partial charge on any atom is 0.331 e. The second-order valence-corrected chi connectivity index (χ2v) is 5.43. The lowest BCUT2D eigenvalue weighted by atomic mass is 9.57. The molecule has 0 bridgehead atoms. The lowest BCUT2D eigenvalue weighted by molar-refractivity contribution is -0.155. The number of carboxylic acid groups (broad SMARTS) is 2. The van der Waals surface area contributed by atoms with Gasteiger partial charge < -0.3 is 10.2 Å². The summed E-state index contributed by atoms with van der Waals surface area (Å²) in [6.45, 7) is 7.09. The molecule has 2 atom stereocenters. The summed E-state index contributed by atoms with van der Waals surface area (Å²) >= 11 is 0. The predicted molar refractivity (Wildman–Crippen MR) is 63.5 cm³/mol. The van der Waals surface area contributed by atoms with Crippen LogP contribution >= 0.6 is 0 Å². The molecule has 0 aliphatic heterocycles. The van der Waals surface area contributed by atoms with Crippen LogP contribution < -0.4 is 0 Å². The van der Waals surface area contributed by atoms with Crippen molar-refractivity contribution in [2.45, 2.75) is 27.7 Å². The maximum atomic E-state index is 11.6. The van der Waals surface area contributed by atoms with E-state index in [0.29, 0.717) is 0 Å². The van der Waals surface area contributed by atoms with Gasteiger partial charge in [-0.25, -0.2) is 4.79 Å². The molecule has 4 heteroatoms. The molecule has 0 saturated heterocycles. The zero-order valence-corrected chi connectivity index (χ0v) is 10.5. The van der Waals surface area contributed by atoms with E-state index in [2.05, 4.69) is 0 Å². The minimum atomic E-state index is -1.19. The zero-order valence-electron chi connectivity index (χ0n) is 10.5. The molecule has 17 heavy (non-hydrogen) atoms. The van der Waals surface area contributed by atoms with E-state index in [9.17, 15) is 14.7 Å². The molecule has 0 saturated carbocycles. The van der Waals surface area contributed by atoms with Gasteiger partial charge in [0.05, 0.1) is 5.41 Å². The molecule has 2 N–H and O–H groups in total. The highest BCUT2D eigenvalue weighted by atomic mass is 16.4. The van der Waals surface area contributed by atoms with Gasteiger partial charge in [0, 0.05) is 11.5 Å². The van der Waals surface area contributed by atoms with Crippen LogP contribution in [0.5, 0.6) is 0 Å². The topological polar surface area (TPSA) is 74.6 Å². The molecule has 0 unspecified atom stereocenters. The Hall–Kier alpha value is -1.58. The van der Waals surface area contributed by atoms with Gasteiger partial charge in [0.1, 0.15) is 0 Å². The molecule has 4 nitrogen and oxygen atoms in total. The Bertz CT molecular complexity index is 412. The molecule has 0 spiro atoms. The molecule has 0 aromatic carbocycles. The van der Waals surface area contributed by atoms with Crippen LogP contribution in [0.4, 0.5) is 0 Å². The van der Waals surface area contributed by atoms with E-state index in [1.165, 1.54) is 12.2 Å². The fourth-order valence-corrected chi connectivity index (χ4v) is 2.57. The number of hydrogen-bond donors (Lipinski definition) is 2. The number of carbonyl (C=O) groups is 2. The molecular weight excluding hydrogens is 220 g/mol. The van der Waals surface area contributed by atoms with E-state index in [0.717, 1.165) is 0 Å². The number of rotatable bonds is 2. The lowest BCUT2D eigenvalue weighted by Crippen LogP contribution is -2.48. The summed E-state index contributed by atoms with van der Waals surface area (Å²) in [7, 11) is 0. The molecule has 1 aliphatic rings. The van der Waals surface area contributed by atoms with Crippen molar-refractivity contribution in [3.05, 3.63) is 23.8 Å². The van der Waals surface area contributed by atoms with Crippen molar-refractivity contribution in [2.24, 2.45) is 16.7 Å². The van der Waals surface area contributed by atoms with Crippen LogP contribution in [-0.4, -0.2) is 22.2 Å². The number of allylic oxidation sites excluding steroid dienone is 2. The second-order valence-electron chi connectivity index (χ2n) is 5.43. The zero-order chi connectivity index (χ0) is 13.4. The maximum absolute atomic E-state index is 11.6. The van der Waals surface area contributed by atoms with Crippen molar-refractivity contribution in [3.8, 4) is 0 Å². The summed E-state index contributed by atoms with van der Waals surface area (Å²) in [5.41, 5.74) is -1.61. The van der Waals surface area contributed by atoms with E-state index >= 15 is 0 Å². The van der Waals surface area contributed by atoms with Crippen LogP contribution in [0.1, 0.15) is 27.7 Å². The van der Waals surface area contributed by atoms with Crippen LogP contribution in [0.15, 0.2) is 23.8 Å². The summed E-state index contributed by atoms with van der Waals surface area (Å²) in [5.74, 6) is -2.61. The Morgan fingerprint density at radius 1 is 1.29 bits per heavy atom. The largest absolute Gasteiger partial charge is 0.481 e. The van der Waals surface area contributed by atoms with Crippen LogP contribution in [0.3, 0.4) is 0 Å². The molecule has 0 aromatic heterocycles. The van der Waals surface area contributed by atoms with Gasteiger partial charge in [0.2, 0.25) is 0 Å². The summed E-state index contributed by atoms with van der Waals surface area (Å²) < 4.78 is 0. The predicted octanol–water partition coefficient (Wildman–Crippen LogP) is 2.32. The van der Waals surface area contributed by atoms with Crippen molar-refractivity contribution >= 4 is 11.9 Å². The highest BCUT2D eigenvalue weighted by molar-refractivity contribution is 5.91. The monoisotopic (exact) mass is 238 g/mol. The van der Waals surface area contributed by atoms with Gasteiger partial charge in [-0.3, -0.25) is 4.79 Å². The standard InChI is InChI=1S/C13H18O4/c1-8-9(10(14)15)6-5-7-13(8,11(16)17)12(2,3)4/h5-8H,1-4H3,(H,14,15)(H,16,17)/t8-,13-/m1/s1. The second kappa shape index (κ2) is 4.02. The third kappa shape index (κ3) is 1.88. The summed E-state index contributed by atoms with van der Waals surface area (Å²) in [5, 5.41) is 18.6. The normalized spacial score (nSPS) is 28.7. The third-order valence-electron chi connectivity index (χ3n) is 3.63. The first-order valence-corrected chi connectivity index (χ1v) is 5.50. The fraction of sp³-hybridized carbons (Fsp3) is 0.538. The quantitative estimate of drug-likeness (QED) is 0.774. The van der Waals surface area contributed by atoms with Crippen molar-refractivity contribution in [1.29, 1.82) is 0 Å². The molecule has 1 aliphatic carbocycles. The van der Waals surface area contributed by atoms with Crippen molar-refractivity contribution in [3.63, 3.8) is 0 Å². The van der Waals surface area contributed by atoms with E-state index < -0.39 is 28.7 Å².